The van der Waals surface area contributed by atoms with Crippen LogP contribution in [0.1, 0.15) is 5.56 Å². The van der Waals surface area contributed by atoms with Gasteiger partial charge in [0, 0.05) is 17.1 Å². The van der Waals surface area contributed by atoms with E-state index in [2.05, 4.69) is 15.5 Å². The first-order chi connectivity index (χ1) is 12.5. The van der Waals surface area contributed by atoms with Crippen molar-refractivity contribution < 1.29 is 9.18 Å². The van der Waals surface area contributed by atoms with Crippen LogP contribution >= 0.6 is 23.4 Å². The van der Waals surface area contributed by atoms with Crippen LogP contribution in [0.2, 0.25) is 5.02 Å². The van der Waals surface area contributed by atoms with Gasteiger partial charge in [-0.15, -0.1) is 10.2 Å². The molecule has 0 aliphatic heterocycles. The molecule has 26 heavy (non-hydrogen) atoms. The summed E-state index contributed by atoms with van der Waals surface area (Å²) in [5.41, 5.74) is 1.55. The third-order valence-electron chi connectivity index (χ3n) is 3.48. The summed E-state index contributed by atoms with van der Waals surface area (Å²) >= 11 is 7.08. The van der Waals surface area contributed by atoms with Crippen molar-refractivity contribution in [1.82, 2.24) is 20.2 Å². The smallest absolute Gasteiger partial charge is 0.230 e. The van der Waals surface area contributed by atoms with Gasteiger partial charge in [-0.25, -0.2) is 9.07 Å². The van der Waals surface area contributed by atoms with Crippen LogP contribution in [0.15, 0.2) is 53.7 Å². The number of nitrogen functional groups attached to an aromatic ring is 1. The van der Waals surface area contributed by atoms with E-state index < -0.39 is 0 Å². The molecule has 0 fully saturated rings. The number of carbonyl (C=O) groups is 1. The highest BCUT2D eigenvalue weighted by Crippen LogP contribution is 2.21. The van der Waals surface area contributed by atoms with Gasteiger partial charge < -0.3 is 11.2 Å². The minimum atomic E-state index is -0.345. The maximum Gasteiger partial charge on any atom is 0.230 e. The van der Waals surface area contributed by atoms with Crippen LogP contribution in [-0.2, 0) is 11.3 Å². The van der Waals surface area contributed by atoms with E-state index in [9.17, 15) is 9.18 Å². The fraction of sp³-hybridized carbons (Fsp3) is 0.118. The van der Waals surface area contributed by atoms with Crippen molar-refractivity contribution in [2.24, 2.45) is 0 Å². The molecule has 2 aromatic carbocycles. The minimum Gasteiger partial charge on any atom is -0.351 e. The standard InChI is InChI=1S/C17H15ClFN5OS/c18-13-3-1-2-11(8-13)9-21-15(25)10-26-17-23-22-16(24(17)20)12-4-6-14(19)7-5-12/h1-8H,9-10,20H2,(H,21,25). The number of thioether (sulfide) groups is 1. The Kier molecular flexibility index (Phi) is 5.75. The van der Waals surface area contributed by atoms with Crippen LogP contribution in [0.4, 0.5) is 4.39 Å². The highest BCUT2D eigenvalue weighted by atomic mass is 35.5. The van der Waals surface area contributed by atoms with E-state index in [0.29, 0.717) is 28.1 Å². The van der Waals surface area contributed by atoms with E-state index in [1.54, 1.807) is 24.3 Å². The Labute approximate surface area is 158 Å². The first kappa shape index (κ1) is 18.2. The Morgan fingerprint density at radius 2 is 2.00 bits per heavy atom. The molecular formula is C17H15ClFN5OS. The lowest BCUT2D eigenvalue weighted by Crippen LogP contribution is -2.25. The van der Waals surface area contributed by atoms with Crippen molar-refractivity contribution in [1.29, 1.82) is 0 Å². The molecule has 0 aliphatic rings. The molecule has 1 amide bonds. The highest BCUT2D eigenvalue weighted by molar-refractivity contribution is 7.99. The molecule has 9 heteroatoms. The molecule has 134 valence electrons. The molecule has 0 radical (unpaired) electrons. The molecule has 3 rings (SSSR count). The normalized spacial score (nSPS) is 10.7. The summed E-state index contributed by atoms with van der Waals surface area (Å²) in [5, 5.41) is 11.8. The van der Waals surface area contributed by atoms with Gasteiger partial charge in [0.05, 0.1) is 5.75 Å². The molecule has 0 aliphatic carbocycles. The second kappa shape index (κ2) is 8.20. The molecule has 3 N–H and O–H groups in total. The maximum atomic E-state index is 13.0. The fourth-order valence-electron chi connectivity index (χ4n) is 2.20. The number of benzene rings is 2. The predicted molar refractivity (Wildman–Crippen MR) is 99.6 cm³/mol. The SMILES string of the molecule is Nn1c(SCC(=O)NCc2cccc(Cl)c2)nnc1-c1ccc(F)cc1. The van der Waals surface area contributed by atoms with Gasteiger partial charge in [0.25, 0.3) is 0 Å². The van der Waals surface area contributed by atoms with Crippen molar-refractivity contribution in [2.45, 2.75) is 11.7 Å². The van der Waals surface area contributed by atoms with Crippen molar-refractivity contribution in [3.8, 4) is 11.4 Å². The molecule has 0 spiro atoms. The molecule has 6 nitrogen and oxygen atoms in total. The van der Waals surface area contributed by atoms with Gasteiger partial charge in [0.15, 0.2) is 5.82 Å². The second-order valence-electron chi connectivity index (χ2n) is 5.38. The van der Waals surface area contributed by atoms with Crippen LogP contribution in [0.5, 0.6) is 0 Å². The Balaban J connectivity index is 1.56. The topological polar surface area (TPSA) is 85.8 Å². The van der Waals surface area contributed by atoms with E-state index in [4.69, 9.17) is 17.4 Å². The average molecular weight is 392 g/mol. The van der Waals surface area contributed by atoms with Crippen LogP contribution < -0.4 is 11.2 Å². The number of hydrogen-bond acceptors (Lipinski definition) is 5. The Bertz CT molecular complexity index is 916. The third-order valence-corrected chi connectivity index (χ3v) is 4.66. The molecule has 3 aromatic rings. The number of nitrogens with zero attached hydrogens (tertiary/aromatic N) is 3. The molecule has 0 saturated heterocycles. The predicted octanol–water partition coefficient (Wildman–Crippen LogP) is 2.86. The summed E-state index contributed by atoms with van der Waals surface area (Å²) in [6.45, 7) is 0.385. The first-order valence-electron chi connectivity index (χ1n) is 7.63. The number of nitrogens with one attached hydrogen (secondary N) is 1. The first-order valence-corrected chi connectivity index (χ1v) is 8.99. The van der Waals surface area contributed by atoms with E-state index >= 15 is 0 Å². The van der Waals surface area contributed by atoms with E-state index in [1.165, 1.54) is 16.8 Å². The largest absolute Gasteiger partial charge is 0.351 e. The number of hydrogen-bond donors (Lipinski definition) is 2. The number of amides is 1. The average Bonchev–Trinajstić information content (AvgIpc) is 3.00. The van der Waals surface area contributed by atoms with Crippen molar-refractivity contribution >= 4 is 29.3 Å². The Morgan fingerprint density at radius 3 is 2.73 bits per heavy atom. The van der Waals surface area contributed by atoms with Gasteiger partial charge in [0.1, 0.15) is 5.82 Å². The summed E-state index contributed by atoms with van der Waals surface area (Å²) in [6.07, 6.45) is 0. The number of nitrogens with two attached hydrogens (primary N) is 1. The summed E-state index contributed by atoms with van der Waals surface area (Å²) in [4.78, 5) is 12.0. The monoisotopic (exact) mass is 391 g/mol. The number of rotatable bonds is 6. The molecular weight excluding hydrogens is 377 g/mol. The van der Waals surface area contributed by atoms with E-state index in [-0.39, 0.29) is 17.5 Å². The zero-order valence-electron chi connectivity index (χ0n) is 13.5. The number of carbonyl (C=O) groups excluding carboxylic acids is 1. The molecule has 0 bridgehead atoms. The second-order valence-corrected chi connectivity index (χ2v) is 6.76. The summed E-state index contributed by atoms with van der Waals surface area (Å²) in [7, 11) is 0. The molecule has 0 saturated carbocycles. The summed E-state index contributed by atoms with van der Waals surface area (Å²) < 4.78 is 14.3. The molecule has 0 unspecified atom stereocenters. The third kappa shape index (κ3) is 4.53. The van der Waals surface area contributed by atoms with Crippen LogP contribution in [0, 0.1) is 5.82 Å². The van der Waals surface area contributed by atoms with Gasteiger partial charge in [-0.05, 0) is 42.0 Å². The fourth-order valence-corrected chi connectivity index (χ4v) is 3.10. The van der Waals surface area contributed by atoms with E-state index in [0.717, 1.165) is 17.3 Å². The lowest BCUT2D eigenvalue weighted by atomic mass is 10.2. The zero-order chi connectivity index (χ0) is 18.5. The van der Waals surface area contributed by atoms with Crippen molar-refractivity contribution in [3.63, 3.8) is 0 Å². The highest BCUT2D eigenvalue weighted by Gasteiger charge is 2.13. The summed E-state index contributed by atoms with van der Waals surface area (Å²) in [6, 6.07) is 13.0. The van der Waals surface area contributed by atoms with Gasteiger partial charge >= 0.3 is 0 Å². The van der Waals surface area contributed by atoms with Gasteiger partial charge in [0.2, 0.25) is 11.1 Å². The number of aromatic nitrogens is 3. The van der Waals surface area contributed by atoms with Gasteiger partial charge in [-0.3, -0.25) is 4.79 Å². The zero-order valence-corrected chi connectivity index (χ0v) is 15.1. The molecule has 0 atom stereocenters. The lowest BCUT2D eigenvalue weighted by Gasteiger charge is -2.06. The quantitative estimate of drug-likeness (QED) is 0.498. The molecule has 1 aromatic heterocycles. The van der Waals surface area contributed by atoms with Crippen LogP contribution in [0.3, 0.4) is 0 Å². The Hall–Kier alpha value is -2.58. The van der Waals surface area contributed by atoms with E-state index in [1.807, 2.05) is 12.1 Å². The lowest BCUT2D eigenvalue weighted by molar-refractivity contribution is -0.118. The Morgan fingerprint density at radius 1 is 1.23 bits per heavy atom. The van der Waals surface area contributed by atoms with Crippen LogP contribution in [0.25, 0.3) is 11.4 Å². The van der Waals surface area contributed by atoms with Gasteiger partial charge in [-0.1, -0.05) is 35.5 Å². The van der Waals surface area contributed by atoms with Crippen LogP contribution in [-0.4, -0.2) is 26.5 Å². The van der Waals surface area contributed by atoms with Crippen molar-refractivity contribution in [2.75, 3.05) is 11.6 Å². The maximum absolute atomic E-state index is 13.0. The molecule has 1 heterocycles. The number of halogens is 2. The van der Waals surface area contributed by atoms with Gasteiger partial charge in [-0.2, -0.15) is 0 Å². The summed E-state index contributed by atoms with van der Waals surface area (Å²) in [5.74, 6) is 6.00. The minimum absolute atomic E-state index is 0.138. The van der Waals surface area contributed by atoms with Crippen molar-refractivity contribution in [3.05, 3.63) is 64.9 Å².